The second-order valence-corrected chi connectivity index (χ2v) is 7.99. The lowest BCUT2D eigenvalue weighted by atomic mass is 9.91. The van der Waals surface area contributed by atoms with E-state index in [1.807, 2.05) is 0 Å². The monoisotopic (exact) mass is 380 g/mol. The van der Waals surface area contributed by atoms with Crippen LogP contribution in [0, 0.1) is 26.7 Å². The van der Waals surface area contributed by atoms with Crippen molar-refractivity contribution in [1.82, 2.24) is 0 Å². The van der Waals surface area contributed by atoms with E-state index in [1.54, 1.807) is 6.92 Å². The van der Waals surface area contributed by atoms with Crippen LogP contribution in [0.15, 0.2) is 36.4 Å². The van der Waals surface area contributed by atoms with Gasteiger partial charge in [-0.05, 0) is 85.4 Å². The Hall–Kier alpha value is -2.35. The van der Waals surface area contributed by atoms with Crippen molar-refractivity contribution in [3.63, 3.8) is 0 Å². The molecule has 0 atom stereocenters. The SMILES string of the molecule is CCOC(C)=O.Cc1cc(C)c(Cc2ccc3c(c2)C(C(C)C)=CC3)c(C)c1.[HH]. The molecular formula is C26H36O2. The summed E-state index contributed by atoms with van der Waals surface area (Å²) in [6.07, 6.45) is 4.55. The van der Waals surface area contributed by atoms with Gasteiger partial charge in [-0.2, -0.15) is 0 Å². The van der Waals surface area contributed by atoms with Crippen molar-refractivity contribution in [2.24, 2.45) is 5.92 Å². The van der Waals surface area contributed by atoms with E-state index >= 15 is 0 Å². The number of benzene rings is 2. The summed E-state index contributed by atoms with van der Waals surface area (Å²) in [7, 11) is 0. The highest BCUT2D eigenvalue weighted by Gasteiger charge is 2.17. The molecule has 1 aliphatic rings. The third-order valence-electron chi connectivity index (χ3n) is 5.22. The molecule has 2 nitrogen and oxygen atoms in total. The quantitative estimate of drug-likeness (QED) is 0.558. The zero-order valence-electron chi connectivity index (χ0n) is 18.5. The van der Waals surface area contributed by atoms with Crippen molar-refractivity contribution in [3.05, 3.63) is 75.4 Å². The molecule has 3 rings (SSSR count). The van der Waals surface area contributed by atoms with E-state index in [0.717, 1.165) is 12.8 Å². The topological polar surface area (TPSA) is 26.3 Å². The van der Waals surface area contributed by atoms with Crippen LogP contribution in [-0.2, 0) is 22.4 Å². The number of hydrogen-bond acceptors (Lipinski definition) is 2. The van der Waals surface area contributed by atoms with E-state index in [1.165, 1.54) is 51.4 Å². The second kappa shape index (κ2) is 9.73. The lowest BCUT2D eigenvalue weighted by molar-refractivity contribution is -0.140. The molecule has 0 fully saturated rings. The van der Waals surface area contributed by atoms with Crippen molar-refractivity contribution in [2.45, 2.75) is 61.3 Å². The average molecular weight is 381 g/mol. The molecule has 0 spiro atoms. The predicted molar refractivity (Wildman–Crippen MR) is 121 cm³/mol. The van der Waals surface area contributed by atoms with Crippen LogP contribution >= 0.6 is 0 Å². The maximum atomic E-state index is 9.82. The molecule has 0 radical (unpaired) electrons. The summed E-state index contributed by atoms with van der Waals surface area (Å²) in [5, 5.41) is 0. The third-order valence-corrected chi connectivity index (χ3v) is 5.22. The minimum atomic E-state index is -0.211. The number of allylic oxidation sites excluding steroid dienone is 2. The number of carbonyl (C=O) groups excluding carboxylic acids is 1. The number of esters is 1. The van der Waals surface area contributed by atoms with E-state index < -0.39 is 0 Å². The largest absolute Gasteiger partial charge is 0.466 e. The van der Waals surface area contributed by atoms with Crippen LogP contribution in [-0.4, -0.2) is 12.6 Å². The normalized spacial score (nSPS) is 12.2. The van der Waals surface area contributed by atoms with Crippen LogP contribution in [0.25, 0.3) is 5.57 Å². The molecule has 2 aromatic rings. The van der Waals surface area contributed by atoms with Crippen LogP contribution < -0.4 is 0 Å². The molecule has 152 valence electrons. The molecule has 0 N–H and O–H groups in total. The maximum Gasteiger partial charge on any atom is 0.302 e. The Morgan fingerprint density at radius 3 is 2.25 bits per heavy atom. The molecule has 1 aliphatic carbocycles. The van der Waals surface area contributed by atoms with Gasteiger partial charge >= 0.3 is 5.97 Å². The fraction of sp³-hybridized carbons (Fsp3) is 0.423. The third kappa shape index (κ3) is 5.58. The number of rotatable bonds is 4. The molecule has 0 saturated heterocycles. The van der Waals surface area contributed by atoms with E-state index in [2.05, 4.69) is 75.8 Å². The molecule has 2 heteroatoms. The summed E-state index contributed by atoms with van der Waals surface area (Å²) in [5.74, 6) is 0.400. The second-order valence-electron chi connectivity index (χ2n) is 7.99. The van der Waals surface area contributed by atoms with Gasteiger partial charge in [0.15, 0.2) is 0 Å². The number of fused-ring (bicyclic) bond motifs is 1. The molecule has 0 aromatic heterocycles. The first-order chi connectivity index (χ1) is 13.2. The molecule has 2 aromatic carbocycles. The van der Waals surface area contributed by atoms with Crippen LogP contribution in [0.3, 0.4) is 0 Å². The summed E-state index contributed by atoms with van der Waals surface area (Å²) in [6.45, 7) is 14.9. The van der Waals surface area contributed by atoms with Crippen molar-refractivity contribution >= 4 is 11.5 Å². The van der Waals surface area contributed by atoms with Crippen molar-refractivity contribution < 1.29 is 11.0 Å². The molecule has 0 aliphatic heterocycles. The number of hydrogen-bond donors (Lipinski definition) is 0. The summed E-state index contributed by atoms with van der Waals surface area (Å²) in [5.41, 5.74) is 11.6. The van der Waals surface area contributed by atoms with Crippen molar-refractivity contribution in [2.75, 3.05) is 6.61 Å². The van der Waals surface area contributed by atoms with Gasteiger partial charge in [0.05, 0.1) is 6.61 Å². The Labute approximate surface area is 172 Å². The molecule has 28 heavy (non-hydrogen) atoms. The lowest BCUT2D eigenvalue weighted by Crippen LogP contribution is -1.99. The smallest absolute Gasteiger partial charge is 0.302 e. The summed E-state index contributed by atoms with van der Waals surface area (Å²) in [4.78, 5) is 9.82. The molecule has 0 amide bonds. The first-order valence-corrected chi connectivity index (χ1v) is 10.2. The lowest BCUT2D eigenvalue weighted by Gasteiger charge is -2.14. The highest BCUT2D eigenvalue weighted by atomic mass is 16.5. The van der Waals surface area contributed by atoms with Gasteiger partial charge < -0.3 is 4.74 Å². The Morgan fingerprint density at radius 1 is 1.11 bits per heavy atom. The Bertz CT molecular complexity index is 855. The van der Waals surface area contributed by atoms with E-state index in [9.17, 15) is 4.79 Å². The van der Waals surface area contributed by atoms with Crippen LogP contribution in [0.5, 0.6) is 0 Å². The summed E-state index contributed by atoms with van der Waals surface area (Å²) >= 11 is 0. The Morgan fingerprint density at radius 2 is 1.75 bits per heavy atom. The molecule has 0 saturated carbocycles. The fourth-order valence-electron chi connectivity index (χ4n) is 3.95. The predicted octanol–water partition coefficient (Wildman–Crippen LogP) is 6.61. The summed E-state index contributed by atoms with van der Waals surface area (Å²) < 4.78 is 4.40. The molecule has 0 bridgehead atoms. The van der Waals surface area contributed by atoms with Gasteiger partial charge in [-0.1, -0.05) is 55.8 Å². The van der Waals surface area contributed by atoms with Gasteiger partial charge in [-0.25, -0.2) is 0 Å². The zero-order chi connectivity index (χ0) is 20.8. The van der Waals surface area contributed by atoms with Gasteiger partial charge in [0.2, 0.25) is 0 Å². The maximum absolute atomic E-state index is 9.82. The van der Waals surface area contributed by atoms with E-state index in [-0.39, 0.29) is 7.40 Å². The van der Waals surface area contributed by atoms with Gasteiger partial charge in [-0.15, -0.1) is 0 Å². The van der Waals surface area contributed by atoms with E-state index in [0.29, 0.717) is 12.5 Å². The average Bonchev–Trinajstić information content (AvgIpc) is 3.02. The van der Waals surface area contributed by atoms with Crippen LogP contribution in [0.4, 0.5) is 0 Å². The standard InChI is InChI=1S/C22H26.C4H8O2.H2/c1-14(2)20-9-8-19-7-6-18(13-22(19)20)12-21-16(4)10-15(3)11-17(21)5;1-3-6-4(2)5;/h6-7,9-11,13-14H,8,12H2,1-5H3;3H2,1-2H3;1H. The minimum Gasteiger partial charge on any atom is -0.466 e. The van der Waals surface area contributed by atoms with Crippen LogP contribution in [0.1, 0.15) is 68.1 Å². The number of ether oxygens (including phenoxy) is 1. The minimum absolute atomic E-state index is 0. The van der Waals surface area contributed by atoms with Gasteiger partial charge in [-0.3, -0.25) is 4.79 Å². The van der Waals surface area contributed by atoms with E-state index in [4.69, 9.17) is 0 Å². The van der Waals surface area contributed by atoms with Crippen LogP contribution in [0.2, 0.25) is 0 Å². The van der Waals surface area contributed by atoms with Gasteiger partial charge in [0.1, 0.15) is 0 Å². The first-order valence-electron chi connectivity index (χ1n) is 10.2. The molecule has 0 heterocycles. The van der Waals surface area contributed by atoms with Gasteiger partial charge in [0, 0.05) is 8.35 Å². The fourth-order valence-corrected chi connectivity index (χ4v) is 3.95. The van der Waals surface area contributed by atoms with Crippen molar-refractivity contribution in [3.8, 4) is 0 Å². The zero-order valence-corrected chi connectivity index (χ0v) is 18.5. The highest BCUT2D eigenvalue weighted by molar-refractivity contribution is 5.74. The Kier molecular flexibility index (Phi) is 7.62. The van der Waals surface area contributed by atoms with Crippen molar-refractivity contribution in [1.29, 1.82) is 0 Å². The number of aryl methyl sites for hydroxylation is 3. The number of carbonyl (C=O) groups is 1. The molecular weight excluding hydrogens is 344 g/mol. The molecule has 0 unspecified atom stereocenters. The van der Waals surface area contributed by atoms with Gasteiger partial charge in [0.25, 0.3) is 0 Å². The summed E-state index contributed by atoms with van der Waals surface area (Å²) in [6, 6.07) is 11.7. The Balaban J connectivity index is 0.000000529. The highest BCUT2D eigenvalue weighted by Crippen LogP contribution is 2.34. The first kappa shape index (κ1) is 21.9.